The fourth-order valence-electron chi connectivity index (χ4n) is 4.20. The van der Waals surface area contributed by atoms with Gasteiger partial charge in [0, 0.05) is 23.3 Å². The topological polar surface area (TPSA) is 69.0 Å². The minimum Gasteiger partial charge on any atom is -0.494 e. The van der Waals surface area contributed by atoms with Crippen molar-refractivity contribution >= 4 is 22.5 Å². The zero-order valence-corrected chi connectivity index (χ0v) is 17.3. The number of rotatable bonds is 5. The number of ether oxygens (including phenoxy) is 1. The molecule has 1 amide bonds. The fourth-order valence-corrected chi connectivity index (χ4v) is 4.20. The average molecular weight is 393 g/mol. The normalized spacial score (nSPS) is 19.3. The standard InChI is InChI=1S/C23H28N4O2/c1-4-16-8-10-18(11-9-16)27-14-17-12-21(22(29-3)13-20(17)26-27)25-23(28)19-7-5-6-15(2)24-19/h5-7,12-14,16,18H,4,8-11H2,1-3H3,(H,25,28)/t16-,18-. The lowest BCUT2D eigenvalue weighted by Gasteiger charge is -2.27. The summed E-state index contributed by atoms with van der Waals surface area (Å²) in [6.07, 6.45) is 8.24. The number of nitrogens with zero attached hydrogens (tertiary/aromatic N) is 3. The van der Waals surface area contributed by atoms with Gasteiger partial charge in [0.2, 0.25) is 0 Å². The number of benzene rings is 1. The predicted molar refractivity (Wildman–Crippen MR) is 114 cm³/mol. The summed E-state index contributed by atoms with van der Waals surface area (Å²) in [4.78, 5) is 16.9. The molecule has 1 saturated carbocycles. The van der Waals surface area contributed by atoms with Crippen molar-refractivity contribution in [2.24, 2.45) is 5.92 Å². The van der Waals surface area contributed by atoms with Crippen molar-refractivity contribution in [3.63, 3.8) is 0 Å². The number of anilines is 1. The highest BCUT2D eigenvalue weighted by Crippen LogP contribution is 2.35. The number of aromatic nitrogens is 3. The summed E-state index contributed by atoms with van der Waals surface area (Å²) < 4.78 is 7.61. The quantitative estimate of drug-likeness (QED) is 0.652. The van der Waals surface area contributed by atoms with Gasteiger partial charge in [0.15, 0.2) is 0 Å². The Hall–Kier alpha value is -2.89. The van der Waals surface area contributed by atoms with Gasteiger partial charge in [-0.1, -0.05) is 19.4 Å². The summed E-state index contributed by atoms with van der Waals surface area (Å²) in [5, 5.41) is 8.73. The van der Waals surface area contributed by atoms with E-state index in [0.717, 1.165) is 22.5 Å². The van der Waals surface area contributed by atoms with Crippen LogP contribution in [0.2, 0.25) is 0 Å². The number of fused-ring (bicyclic) bond motifs is 1. The van der Waals surface area contributed by atoms with Crippen LogP contribution in [0, 0.1) is 12.8 Å². The second-order valence-electron chi connectivity index (χ2n) is 7.92. The van der Waals surface area contributed by atoms with Gasteiger partial charge in [-0.2, -0.15) is 5.10 Å². The Morgan fingerprint density at radius 1 is 1.24 bits per heavy atom. The van der Waals surface area contributed by atoms with E-state index in [0.29, 0.717) is 23.2 Å². The van der Waals surface area contributed by atoms with Gasteiger partial charge >= 0.3 is 0 Å². The first-order valence-electron chi connectivity index (χ1n) is 10.4. The second kappa shape index (κ2) is 8.23. The maximum absolute atomic E-state index is 12.6. The zero-order chi connectivity index (χ0) is 20.4. The molecule has 0 atom stereocenters. The van der Waals surface area contributed by atoms with E-state index in [1.54, 1.807) is 13.2 Å². The average Bonchev–Trinajstić information content (AvgIpc) is 3.16. The van der Waals surface area contributed by atoms with Crippen molar-refractivity contribution in [1.29, 1.82) is 0 Å². The fraction of sp³-hybridized carbons (Fsp3) is 0.435. The van der Waals surface area contributed by atoms with Crippen LogP contribution in [0.1, 0.15) is 61.3 Å². The monoisotopic (exact) mass is 392 g/mol. The third-order valence-electron chi connectivity index (χ3n) is 5.98. The van der Waals surface area contributed by atoms with Crippen LogP contribution in [0.15, 0.2) is 36.5 Å². The molecule has 6 heteroatoms. The van der Waals surface area contributed by atoms with Crippen LogP contribution in [-0.2, 0) is 0 Å². The highest BCUT2D eigenvalue weighted by Gasteiger charge is 2.22. The zero-order valence-electron chi connectivity index (χ0n) is 17.3. The molecule has 152 valence electrons. The van der Waals surface area contributed by atoms with Crippen LogP contribution in [0.25, 0.3) is 10.9 Å². The lowest BCUT2D eigenvalue weighted by molar-refractivity contribution is 0.102. The Labute approximate surface area is 171 Å². The van der Waals surface area contributed by atoms with Crippen LogP contribution in [0.4, 0.5) is 5.69 Å². The summed E-state index contributed by atoms with van der Waals surface area (Å²) in [5.74, 6) is 1.20. The lowest BCUT2D eigenvalue weighted by atomic mass is 9.85. The number of methoxy groups -OCH3 is 1. The van der Waals surface area contributed by atoms with Crippen LogP contribution in [0.5, 0.6) is 5.75 Å². The van der Waals surface area contributed by atoms with Crippen molar-refractivity contribution in [1.82, 2.24) is 14.8 Å². The Kier molecular flexibility index (Phi) is 5.51. The minimum atomic E-state index is -0.253. The van der Waals surface area contributed by atoms with E-state index in [1.807, 2.05) is 31.2 Å². The van der Waals surface area contributed by atoms with Crippen LogP contribution in [-0.4, -0.2) is 27.8 Å². The Bertz CT molecular complexity index is 1020. The summed E-state index contributed by atoms with van der Waals surface area (Å²) in [6, 6.07) is 9.68. The van der Waals surface area contributed by atoms with Gasteiger partial charge in [-0.15, -0.1) is 0 Å². The third kappa shape index (κ3) is 4.11. The molecule has 0 aliphatic heterocycles. The van der Waals surface area contributed by atoms with E-state index < -0.39 is 0 Å². The Balaban J connectivity index is 1.59. The summed E-state index contributed by atoms with van der Waals surface area (Å²) >= 11 is 0. The van der Waals surface area contributed by atoms with E-state index in [9.17, 15) is 4.79 Å². The second-order valence-corrected chi connectivity index (χ2v) is 7.92. The first kappa shape index (κ1) is 19.4. The number of nitrogens with one attached hydrogen (secondary N) is 1. The van der Waals surface area contributed by atoms with E-state index in [-0.39, 0.29) is 5.91 Å². The highest BCUT2D eigenvalue weighted by molar-refractivity contribution is 6.05. The SMILES string of the molecule is CC[C@H]1CC[C@H](n2cc3cc(NC(=O)c4cccc(C)n4)c(OC)cc3n2)CC1. The molecule has 0 radical (unpaired) electrons. The number of pyridine rings is 1. The molecule has 0 saturated heterocycles. The predicted octanol–water partition coefficient (Wildman–Crippen LogP) is 5.14. The number of hydrogen-bond acceptors (Lipinski definition) is 4. The first-order chi connectivity index (χ1) is 14.1. The van der Waals surface area contributed by atoms with Crippen molar-refractivity contribution < 1.29 is 9.53 Å². The largest absolute Gasteiger partial charge is 0.494 e. The molecular weight excluding hydrogens is 364 g/mol. The van der Waals surface area contributed by atoms with Gasteiger partial charge in [-0.25, -0.2) is 4.98 Å². The molecule has 4 rings (SSSR count). The maximum Gasteiger partial charge on any atom is 0.274 e. The van der Waals surface area contributed by atoms with Gasteiger partial charge in [-0.3, -0.25) is 9.48 Å². The van der Waals surface area contributed by atoms with Gasteiger partial charge < -0.3 is 10.1 Å². The van der Waals surface area contributed by atoms with Crippen LogP contribution >= 0.6 is 0 Å². The van der Waals surface area contributed by atoms with E-state index >= 15 is 0 Å². The number of carbonyl (C=O) groups excluding carboxylic acids is 1. The van der Waals surface area contributed by atoms with Gasteiger partial charge in [0.25, 0.3) is 5.91 Å². The number of hydrogen-bond donors (Lipinski definition) is 1. The summed E-state index contributed by atoms with van der Waals surface area (Å²) in [6.45, 7) is 4.15. The Morgan fingerprint density at radius 3 is 2.72 bits per heavy atom. The summed E-state index contributed by atoms with van der Waals surface area (Å²) in [5.41, 5.74) is 2.70. The smallest absolute Gasteiger partial charge is 0.274 e. The number of carbonyl (C=O) groups is 1. The highest BCUT2D eigenvalue weighted by atomic mass is 16.5. The molecule has 1 aliphatic carbocycles. The van der Waals surface area contributed by atoms with E-state index in [2.05, 4.69) is 28.1 Å². The molecule has 3 aromatic rings. The third-order valence-corrected chi connectivity index (χ3v) is 5.98. The molecule has 2 heterocycles. The van der Waals surface area contributed by atoms with E-state index in [4.69, 9.17) is 9.84 Å². The molecule has 0 spiro atoms. The van der Waals surface area contributed by atoms with Gasteiger partial charge in [-0.05, 0) is 56.7 Å². The summed E-state index contributed by atoms with van der Waals surface area (Å²) in [7, 11) is 1.60. The van der Waals surface area contributed by atoms with Gasteiger partial charge in [0.05, 0.1) is 24.4 Å². The van der Waals surface area contributed by atoms with Crippen molar-refractivity contribution in [2.75, 3.05) is 12.4 Å². The molecule has 6 nitrogen and oxygen atoms in total. The van der Waals surface area contributed by atoms with Crippen molar-refractivity contribution in [2.45, 2.75) is 52.0 Å². The molecule has 0 unspecified atom stereocenters. The van der Waals surface area contributed by atoms with Crippen molar-refractivity contribution in [3.05, 3.63) is 47.9 Å². The maximum atomic E-state index is 12.6. The van der Waals surface area contributed by atoms with Crippen LogP contribution in [0.3, 0.4) is 0 Å². The number of aryl methyl sites for hydroxylation is 1. The molecule has 2 aromatic heterocycles. The van der Waals surface area contributed by atoms with Crippen molar-refractivity contribution in [3.8, 4) is 5.75 Å². The molecule has 29 heavy (non-hydrogen) atoms. The molecule has 1 aliphatic rings. The first-order valence-corrected chi connectivity index (χ1v) is 10.4. The molecule has 1 N–H and O–H groups in total. The molecular formula is C23H28N4O2. The molecule has 1 aromatic carbocycles. The Morgan fingerprint density at radius 2 is 2.03 bits per heavy atom. The molecule has 0 bridgehead atoms. The number of amides is 1. The van der Waals surface area contributed by atoms with Crippen LogP contribution < -0.4 is 10.1 Å². The van der Waals surface area contributed by atoms with E-state index in [1.165, 1.54) is 32.1 Å². The molecule has 1 fully saturated rings. The van der Waals surface area contributed by atoms with Gasteiger partial charge in [0.1, 0.15) is 11.4 Å². The minimum absolute atomic E-state index is 0.253. The lowest BCUT2D eigenvalue weighted by Crippen LogP contribution is -2.18.